The van der Waals surface area contributed by atoms with Gasteiger partial charge >= 0.3 is 23.1 Å². The summed E-state index contributed by atoms with van der Waals surface area (Å²) in [6.45, 7) is 8.28. The van der Waals surface area contributed by atoms with Gasteiger partial charge in [-0.15, -0.1) is 0 Å². The third-order valence-electron chi connectivity index (χ3n) is 3.32. The van der Waals surface area contributed by atoms with Gasteiger partial charge in [0.25, 0.3) is 0 Å². The predicted octanol–water partition coefficient (Wildman–Crippen LogP) is 2.65. The maximum absolute atomic E-state index is 11.8. The number of amides is 1. The van der Waals surface area contributed by atoms with Crippen LogP contribution in [0, 0.1) is 0 Å². The normalized spacial score (nSPS) is 9.74. The molecule has 27 heavy (non-hydrogen) atoms. The second-order valence-electron chi connectivity index (χ2n) is 5.73. The summed E-state index contributed by atoms with van der Waals surface area (Å²) in [7, 11) is 1.61. The molecule has 150 valence electrons. The summed E-state index contributed by atoms with van der Waals surface area (Å²) >= 11 is 4.69. The van der Waals surface area contributed by atoms with Gasteiger partial charge in [0.05, 0.1) is 13.2 Å². The number of halogens is 1. The largest absolute Gasteiger partial charge is 0.459 e. The van der Waals surface area contributed by atoms with Crippen LogP contribution in [0.1, 0.15) is 44.7 Å². The first-order valence-corrected chi connectivity index (χ1v) is 8.89. The highest BCUT2D eigenvalue weighted by atomic mass is 35.5. The third-order valence-corrected chi connectivity index (χ3v) is 3.47. The van der Waals surface area contributed by atoms with Crippen molar-refractivity contribution in [2.24, 2.45) is 0 Å². The zero-order valence-corrected chi connectivity index (χ0v) is 17.0. The molecule has 0 atom stereocenters. The fraction of sp³-hybridized carbons (Fsp3) is 0.474. The van der Waals surface area contributed by atoms with E-state index in [1.807, 2.05) is 24.3 Å². The van der Waals surface area contributed by atoms with Crippen molar-refractivity contribution in [2.45, 2.75) is 40.2 Å². The van der Waals surface area contributed by atoms with Gasteiger partial charge in [-0.1, -0.05) is 38.1 Å². The number of hydrogen-bond acceptors (Lipinski definition) is 6. The molecule has 0 heterocycles. The lowest BCUT2D eigenvalue weighted by atomic mass is 9.97. The van der Waals surface area contributed by atoms with Crippen LogP contribution in [-0.2, 0) is 35.2 Å². The molecule has 0 fully saturated rings. The van der Waals surface area contributed by atoms with Crippen molar-refractivity contribution < 1.29 is 28.7 Å². The van der Waals surface area contributed by atoms with Crippen LogP contribution < -0.4 is 0 Å². The van der Waals surface area contributed by atoms with E-state index in [4.69, 9.17) is 16.3 Å². The number of likely N-dealkylation sites (N-methyl/N-ethyl adjacent to an activating group) is 1. The number of esters is 2. The summed E-state index contributed by atoms with van der Waals surface area (Å²) in [6.07, 6.45) is 0. The van der Waals surface area contributed by atoms with Crippen LogP contribution >= 0.6 is 11.6 Å². The zero-order valence-electron chi connectivity index (χ0n) is 16.3. The molecule has 0 N–H and O–H groups in total. The second kappa shape index (κ2) is 12.9. The molecule has 1 rings (SSSR count). The summed E-state index contributed by atoms with van der Waals surface area (Å²) in [4.78, 5) is 44.4. The van der Waals surface area contributed by atoms with Crippen molar-refractivity contribution in [3.8, 4) is 0 Å². The molecule has 0 spiro atoms. The third kappa shape index (κ3) is 9.19. The Balaban J connectivity index is 0.000000713. The fourth-order valence-corrected chi connectivity index (χ4v) is 2.16. The average Bonchev–Trinajstić information content (AvgIpc) is 2.62. The summed E-state index contributed by atoms with van der Waals surface area (Å²) in [5.74, 6) is -2.02. The molecule has 0 aliphatic carbocycles. The van der Waals surface area contributed by atoms with E-state index < -0.39 is 23.1 Å². The van der Waals surface area contributed by atoms with Crippen LogP contribution in [0.15, 0.2) is 24.3 Å². The maximum atomic E-state index is 11.8. The molecule has 1 aromatic rings. The highest BCUT2D eigenvalue weighted by Gasteiger charge is 2.20. The Kier molecular flexibility index (Phi) is 11.7. The van der Waals surface area contributed by atoms with E-state index >= 15 is 0 Å². The van der Waals surface area contributed by atoms with Crippen LogP contribution in [0.4, 0.5) is 0 Å². The van der Waals surface area contributed by atoms with Gasteiger partial charge in [-0.05, 0) is 42.5 Å². The number of rotatable bonds is 6. The minimum absolute atomic E-state index is 0.178. The van der Waals surface area contributed by atoms with Crippen molar-refractivity contribution in [3.05, 3.63) is 35.4 Å². The molecule has 1 aromatic carbocycles. The number of benzene rings is 1. The number of nitrogens with zero attached hydrogens (tertiary/aromatic N) is 1. The SMILES string of the molecule is CCOC(=O)C(=O)Cl.CCOC(=O)C(=O)N(C)Cc1ccccc1C(C)C. The van der Waals surface area contributed by atoms with E-state index in [1.165, 1.54) is 10.5 Å². The first kappa shape index (κ1) is 24.6. The Morgan fingerprint density at radius 2 is 1.52 bits per heavy atom. The van der Waals surface area contributed by atoms with Crippen molar-refractivity contribution in [1.82, 2.24) is 4.90 Å². The molecule has 0 aromatic heterocycles. The van der Waals surface area contributed by atoms with E-state index in [0.717, 1.165) is 5.56 Å². The minimum atomic E-state index is -1.08. The molecule has 7 nitrogen and oxygen atoms in total. The van der Waals surface area contributed by atoms with Gasteiger partial charge in [-0.25, -0.2) is 9.59 Å². The van der Waals surface area contributed by atoms with Crippen LogP contribution in [0.25, 0.3) is 0 Å². The lowest BCUT2D eigenvalue weighted by molar-refractivity contribution is -0.159. The summed E-state index contributed by atoms with van der Waals surface area (Å²) in [6, 6.07) is 7.93. The Morgan fingerprint density at radius 1 is 1.00 bits per heavy atom. The van der Waals surface area contributed by atoms with Crippen LogP contribution in [0.3, 0.4) is 0 Å². The number of carbonyl (C=O) groups excluding carboxylic acids is 4. The second-order valence-corrected chi connectivity index (χ2v) is 6.07. The molecular formula is C19H26ClNO6. The fourth-order valence-electron chi connectivity index (χ4n) is 2.11. The van der Waals surface area contributed by atoms with E-state index in [1.54, 1.807) is 20.9 Å². The topological polar surface area (TPSA) is 90.0 Å². The molecule has 0 aliphatic heterocycles. The lowest BCUT2D eigenvalue weighted by Gasteiger charge is -2.19. The van der Waals surface area contributed by atoms with E-state index in [0.29, 0.717) is 12.5 Å². The molecule has 0 saturated carbocycles. The van der Waals surface area contributed by atoms with Crippen LogP contribution in [-0.4, -0.2) is 48.2 Å². The van der Waals surface area contributed by atoms with E-state index in [2.05, 4.69) is 18.6 Å². The maximum Gasteiger partial charge on any atom is 0.397 e. The molecular weight excluding hydrogens is 374 g/mol. The smallest absolute Gasteiger partial charge is 0.397 e. The van der Waals surface area contributed by atoms with Gasteiger partial charge < -0.3 is 14.4 Å². The predicted molar refractivity (Wildman–Crippen MR) is 101 cm³/mol. The quantitative estimate of drug-likeness (QED) is 0.415. The van der Waals surface area contributed by atoms with Crippen LogP contribution in [0.5, 0.6) is 0 Å². The molecule has 8 heteroatoms. The Labute approximate surface area is 164 Å². The average molecular weight is 400 g/mol. The minimum Gasteiger partial charge on any atom is -0.459 e. The van der Waals surface area contributed by atoms with Gasteiger partial charge in [0.15, 0.2) is 0 Å². The molecule has 0 bridgehead atoms. The number of ether oxygens (including phenoxy) is 2. The first-order chi connectivity index (χ1) is 12.6. The van der Waals surface area contributed by atoms with Crippen molar-refractivity contribution in [3.63, 3.8) is 0 Å². The number of carbonyl (C=O) groups is 4. The zero-order chi connectivity index (χ0) is 21.0. The lowest BCUT2D eigenvalue weighted by Crippen LogP contribution is -2.34. The standard InChI is InChI=1S/C15H21NO3.C4H5ClO3/c1-5-19-15(18)14(17)16(4)10-12-8-6-7-9-13(12)11(2)3;1-2-8-4(7)3(5)6/h6-9,11H,5,10H2,1-4H3;2H2,1H3. The van der Waals surface area contributed by atoms with Gasteiger partial charge in [-0.3, -0.25) is 9.59 Å². The summed E-state index contributed by atoms with van der Waals surface area (Å²) in [5.41, 5.74) is 2.24. The molecule has 1 amide bonds. The summed E-state index contributed by atoms with van der Waals surface area (Å²) in [5, 5.41) is -1.08. The van der Waals surface area contributed by atoms with E-state index in [9.17, 15) is 19.2 Å². The monoisotopic (exact) mass is 399 g/mol. The Bertz CT molecular complexity index is 659. The first-order valence-electron chi connectivity index (χ1n) is 8.52. The highest BCUT2D eigenvalue weighted by molar-refractivity contribution is 6.80. The molecule has 0 radical (unpaired) electrons. The van der Waals surface area contributed by atoms with Crippen LogP contribution in [0.2, 0.25) is 0 Å². The highest BCUT2D eigenvalue weighted by Crippen LogP contribution is 2.20. The van der Waals surface area contributed by atoms with Gasteiger partial charge in [0.2, 0.25) is 0 Å². The van der Waals surface area contributed by atoms with Gasteiger partial charge in [0.1, 0.15) is 0 Å². The summed E-state index contributed by atoms with van der Waals surface area (Å²) < 4.78 is 8.89. The van der Waals surface area contributed by atoms with Crippen molar-refractivity contribution in [2.75, 3.05) is 20.3 Å². The van der Waals surface area contributed by atoms with Crippen molar-refractivity contribution in [1.29, 1.82) is 0 Å². The molecule has 0 unspecified atom stereocenters. The molecule has 0 saturated heterocycles. The van der Waals surface area contributed by atoms with E-state index in [-0.39, 0.29) is 13.2 Å². The Hall–Kier alpha value is -2.41. The van der Waals surface area contributed by atoms with Crippen molar-refractivity contribution >= 4 is 34.7 Å². The number of hydrogen-bond donors (Lipinski definition) is 0. The Morgan fingerprint density at radius 3 is 1.96 bits per heavy atom. The molecule has 0 aliphatic rings. The van der Waals surface area contributed by atoms with Gasteiger partial charge in [-0.2, -0.15) is 0 Å². The van der Waals surface area contributed by atoms with Gasteiger partial charge in [0, 0.05) is 13.6 Å².